The molecule has 23 heavy (non-hydrogen) atoms. The number of sulfone groups is 1. The summed E-state index contributed by atoms with van der Waals surface area (Å²) in [5.74, 6) is 0.925. The van der Waals surface area contributed by atoms with Gasteiger partial charge in [0.1, 0.15) is 0 Å². The lowest BCUT2D eigenvalue weighted by atomic mass is 9.74. The molecule has 0 aliphatic carbocycles. The van der Waals surface area contributed by atoms with Gasteiger partial charge in [-0.3, -0.25) is 4.79 Å². The number of carbonyl (C=O) groups is 1. The van der Waals surface area contributed by atoms with Gasteiger partial charge in [-0.25, -0.2) is 8.42 Å². The Kier molecular flexibility index (Phi) is 4.25. The summed E-state index contributed by atoms with van der Waals surface area (Å²) in [6.07, 6.45) is 1.52. The van der Waals surface area contributed by atoms with E-state index in [1.165, 1.54) is 0 Å². The highest BCUT2D eigenvalue weighted by molar-refractivity contribution is 7.91. The molecule has 4 nitrogen and oxygen atoms in total. The number of rotatable bonds is 4. The van der Waals surface area contributed by atoms with Crippen LogP contribution in [-0.4, -0.2) is 43.8 Å². The number of carbonyl (C=O) groups excluding carboxylic acids is 1. The van der Waals surface area contributed by atoms with Crippen molar-refractivity contribution in [1.29, 1.82) is 0 Å². The van der Waals surface area contributed by atoms with Crippen LogP contribution in [0.15, 0.2) is 30.3 Å². The number of hydrogen-bond acceptors (Lipinski definition) is 3. The van der Waals surface area contributed by atoms with Crippen molar-refractivity contribution in [2.24, 2.45) is 11.8 Å². The number of benzene rings is 1. The minimum Gasteiger partial charge on any atom is -0.341 e. The van der Waals surface area contributed by atoms with Crippen LogP contribution in [-0.2, 0) is 20.0 Å². The van der Waals surface area contributed by atoms with Crippen molar-refractivity contribution in [1.82, 2.24) is 4.90 Å². The van der Waals surface area contributed by atoms with Crippen LogP contribution < -0.4 is 0 Å². The summed E-state index contributed by atoms with van der Waals surface area (Å²) >= 11 is 0. The van der Waals surface area contributed by atoms with Crippen LogP contribution in [0, 0.1) is 11.8 Å². The van der Waals surface area contributed by atoms with Crippen LogP contribution >= 0.6 is 0 Å². The third-order valence-corrected chi connectivity index (χ3v) is 7.61. The van der Waals surface area contributed by atoms with Crippen LogP contribution in [0.1, 0.15) is 32.3 Å². The quantitative estimate of drug-likeness (QED) is 0.848. The summed E-state index contributed by atoms with van der Waals surface area (Å²) < 4.78 is 23.5. The van der Waals surface area contributed by atoms with Gasteiger partial charge < -0.3 is 4.90 Å². The van der Waals surface area contributed by atoms with Crippen molar-refractivity contribution < 1.29 is 13.2 Å². The third kappa shape index (κ3) is 2.80. The normalized spacial score (nSPS) is 26.3. The molecule has 0 saturated carbocycles. The van der Waals surface area contributed by atoms with Crippen LogP contribution in [0.2, 0.25) is 0 Å². The summed E-state index contributed by atoms with van der Waals surface area (Å²) in [5.41, 5.74) is 0.582. The van der Waals surface area contributed by atoms with Crippen molar-refractivity contribution in [3.63, 3.8) is 0 Å². The van der Waals surface area contributed by atoms with Gasteiger partial charge in [0.05, 0.1) is 16.9 Å². The lowest BCUT2D eigenvalue weighted by molar-refractivity contribution is -0.137. The van der Waals surface area contributed by atoms with E-state index in [0.29, 0.717) is 13.1 Å². The van der Waals surface area contributed by atoms with Crippen LogP contribution in [0.4, 0.5) is 0 Å². The first-order valence-electron chi connectivity index (χ1n) is 8.47. The minimum atomic E-state index is -2.89. The van der Waals surface area contributed by atoms with Crippen molar-refractivity contribution >= 4 is 15.7 Å². The molecule has 2 fully saturated rings. The fourth-order valence-electron chi connectivity index (χ4n) is 4.35. The van der Waals surface area contributed by atoms with Gasteiger partial charge in [-0.15, -0.1) is 0 Å². The lowest BCUT2D eigenvalue weighted by Crippen LogP contribution is -2.46. The maximum atomic E-state index is 13.3. The van der Waals surface area contributed by atoms with E-state index in [2.05, 4.69) is 13.8 Å². The van der Waals surface area contributed by atoms with Gasteiger partial charge in [0, 0.05) is 13.1 Å². The highest BCUT2D eigenvalue weighted by Crippen LogP contribution is 2.38. The second-order valence-corrected chi connectivity index (χ2v) is 9.12. The van der Waals surface area contributed by atoms with Crippen molar-refractivity contribution in [3.05, 3.63) is 35.9 Å². The predicted octanol–water partition coefficient (Wildman–Crippen LogP) is 2.25. The Balaban J connectivity index is 1.84. The van der Waals surface area contributed by atoms with Crippen LogP contribution in [0.5, 0.6) is 0 Å². The van der Waals surface area contributed by atoms with Crippen molar-refractivity contribution in [3.8, 4) is 0 Å². The van der Waals surface area contributed by atoms with E-state index >= 15 is 0 Å². The molecule has 3 rings (SSSR count). The Hall–Kier alpha value is -1.36. The molecule has 0 N–H and O–H groups in total. The minimum absolute atomic E-state index is 0.131. The Morgan fingerprint density at radius 1 is 1.09 bits per heavy atom. The van der Waals surface area contributed by atoms with E-state index in [9.17, 15) is 13.2 Å². The maximum Gasteiger partial charge on any atom is 0.233 e. The van der Waals surface area contributed by atoms with E-state index in [1.54, 1.807) is 0 Å². The largest absolute Gasteiger partial charge is 0.341 e. The van der Waals surface area contributed by atoms with E-state index in [4.69, 9.17) is 0 Å². The summed E-state index contributed by atoms with van der Waals surface area (Å²) in [5, 5.41) is 0. The molecule has 0 spiro atoms. The first-order valence-corrected chi connectivity index (χ1v) is 10.3. The predicted molar refractivity (Wildman–Crippen MR) is 90.9 cm³/mol. The third-order valence-electron chi connectivity index (χ3n) is 5.74. The van der Waals surface area contributed by atoms with Crippen LogP contribution in [0.25, 0.3) is 0 Å². The monoisotopic (exact) mass is 335 g/mol. The smallest absolute Gasteiger partial charge is 0.233 e. The molecule has 0 radical (unpaired) electrons. The SMILES string of the molecule is CCC(CC)(C(=O)N1C[C@@H]2CS(=O)(=O)C[C@@H]2C1)c1ccccc1. The molecule has 0 unspecified atom stereocenters. The zero-order valence-electron chi connectivity index (χ0n) is 13.9. The zero-order valence-corrected chi connectivity index (χ0v) is 14.7. The number of likely N-dealkylation sites (tertiary alicyclic amines) is 1. The van der Waals surface area contributed by atoms with Gasteiger partial charge in [-0.05, 0) is 30.2 Å². The average molecular weight is 335 g/mol. The molecule has 1 aromatic carbocycles. The molecular formula is C18H25NO3S. The number of fused-ring (bicyclic) bond motifs is 1. The van der Waals surface area contributed by atoms with E-state index in [1.807, 2.05) is 35.2 Å². The topological polar surface area (TPSA) is 54.5 Å². The average Bonchev–Trinajstić information content (AvgIpc) is 3.03. The van der Waals surface area contributed by atoms with Crippen molar-refractivity contribution in [2.75, 3.05) is 24.6 Å². The summed E-state index contributed by atoms with van der Waals surface area (Å²) in [7, 11) is -2.89. The molecular weight excluding hydrogens is 310 g/mol. The number of amides is 1. The lowest BCUT2D eigenvalue weighted by Gasteiger charge is -2.35. The van der Waals surface area contributed by atoms with Gasteiger partial charge in [0.15, 0.2) is 9.84 Å². The van der Waals surface area contributed by atoms with Gasteiger partial charge >= 0.3 is 0 Å². The Morgan fingerprint density at radius 2 is 1.61 bits per heavy atom. The molecule has 2 aliphatic rings. The molecule has 2 atom stereocenters. The first-order chi connectivity index (χ1) is 10.9. The second-order valence-electron chi connectivity index (χ2n) is 6.96. The molecule has 1 amide bonds. The fraction of sp³-hybridized carbons (Fsp3) is 0.611. The number of nitrogens with zero attached hydrogens (tertiary/aromatic N) is 1. The molecule has 2 aliphatic heterocycles. The Labute approximate surface area is 138 Å². The second kappa shape index (κ2) is 5.93. The van der Waals surface area contributed by atoms with E-state index in [0.717, 1.165) is 18.4 Å². The summed E-state index contributed by atoms with van der Waals surface area (Å²) in [6, 6.07) is 10.00. The molecule has 2 heterocycles. The van der Waals surface area contributed by atoms with Crippen molar-refractivity contribution in [2.45, 2.75) is 32.1 Å². The summed E-state index contributed by atoms with van der Waals surface area (Å²) in [6.45, 7) is 5.32. The van der Waals surface area contributed by atoms with Crippen LogP contribution in [0.3, 0.4) is 0 Å². The van der Waals surface area contributed by atoms with Gasteiger partial charge in [-0.1, -0.05) is 44.2 Å². The molecule has 1 aromatic rings. The Morgan fingerprint density at radius 3 is 2.09 bits per heavy atom. The van der Waals surface area contributed by atoms with Gasteiger partial charge in [-0.2, -0.15) is 0 Å². The van der Waals surface area contributed by atoms with Gasteiger partial charge in [0.2, 0.25) is 5.91 Å². The molecule has 126 valence electrons. The highest BCUT2D eigenvalue weighted by Gasteiger charge is 2.48. The molecule has 0 aromatic heterocycles. The van der Waals surface area contributed by atoms with E-state index < -0.39 is 15.3 Å². The highest BCUT2D eigenvalue weighted by atomic mass is 32.2. The Bertz CT molecular complexity index is 659. The standard InChI is InChI=1S/C18H25NO3S/c1-3-18(4-2,16-8-6-5-7-9-16)17(20)19-10-14-12-23(21,22)13-15(14)11-19/h5-9,14-15H,3-4,10-13H2,1-2H3/t14-,15+. The van der Waals surface area contributed by atoms with E-state index in [-0.39, 0.29) is 29.2 Å². The zero-order chi connectivity index (χ0) is 16.7. The first kappa shape index (κ1) is 16.5. The molecule has 2 saturated heterocycles. The molecule has 0 bridgehead atoms. The maximum absolute atomic E-state index is 13.3. The van der Waals surface area contributed by atoms with Gasteiger partial charge in [0.25, 0.3) is 0 Å². The summed E-state index contributed by atoms with van der Waals surface area (Å²) in [4.78, 5) is 15.2. The fourth-order valence-corrected chi connectivity index (χ4v) is 6.54. The molecule has 5 heteroatoms. The number of hydrogen-bond donors (Lipinski definition) is 0.